The van der Waals surface area contributed by atoms with Crippen LogP contribution in [0, 0.1) is 0 Å². The predicted molar refractivity (Wildman–Crippen MR) is 57.0 cm³/mol. The van der Waals surface area contributed by atoms with E-state index in [1.165, 1.54) is 19.4 Å². The van der Waals surface area contributed by atoms with E-state index in [0.29, 0.717) is 6.04 Å². The number of piperidine rings is 1. The summed E-state index contributed by atoms with van der Waals surface area (Å²) in [7, 11) is 0. The van der Waals surface area contributed by atoms with Crippen molar-refractivity contribution in [2.45, 2.75) is 25.4 Å². The monoisotopic (exact) mass is 191 g/mol. The van der Waals surface area contributed by atoms with Gasteiger partial charge in [-0.1, -0.05) is 6.07 Å². The molecule has 2 heterocycles. The third kappa shape index (κ3) is 2.79. The lowest BCUT2D eigenvalue weighted by atomic mass is 10.1. The van der Waals surface area contributed by atoms with Gasteiger partial charge in [-0.15, -0.1) is 0 Å². The Bertz CT molecular complexity index is 254. The van der Waals surface area contributed by atoms with Crippen LogP contribution in [0.15, 0.2) is 24.4 Å². The first kappa shape index (κ1) is 9.62. The Morgan fingerprint density at radius 2 is 2.50 bits per heavy atom. The van der Waals surface area contributed by atoms with Crippen LogP contribution in [0.1, 0.15) is 18.5 Å². The zero-order chi connectivity index (χ0) is 9.64. The fourth-order valence-electron chi connectivity index (χ4n) is 1.78. The Balaban J connectivity index is 1.76. The summed E-state index contributed by atoms with van der Waals surface area (Å²) in [5.74, 6) is 0. The van der Waals surface area contributed by atoms with Crippen LogP contribution in [0.3, 0.4) is 0 Å². The third-order valence-corrected chi connectivity index (χ3v) is 2.59. The number of nitrogens with one attached hydrogen (secondary N) is 2. The molecular formula is C11H17N3. The van der Waals surface area contributed by atoms with Crippen LogP contribution in [0.2, 0.25) is 0 Å². The van der Waals surface area contributed by atoms with Gasteiger partial charge in [0.1, 0.15) is 0 Å². The fraction of sp³-hybridized carbons (Fsp3) is 0.545. The molecule has 3 heteroatoms. The quantitative estimate of drug-likeness (QED) is 0.746. The van der Waals surface area contributed by atoms with Gasteiger partial charge in [-0.05, 0) is 31.5 Å². The van der Waals surface area contributed by atoms with Crippen molar-refractivity contribution < 1.29 is 0 Å². The summed E-state index contributed by atoms with van der Waals surface area (Å²) < 4.78 is 0. The summed E-state index contributed by atoms with van der Waals surface area (Å²) in [5, 5.41) is 6.90. The van der Waals surface area contributed by atoms with E-state index in [4.69, 9.17) is 0 Å². The number of pyridine rings is 1. The van der Waals surface area contributed by atoms with Gasteiger partial charge in [-0.3, -0.25) is 4.98 Å². The first-order valence-corrected chi connectivity index (χ1v) is 5.29. The van der Waals surface area contributed by atoms with Crippen LogP contribution in [-0.4, -0.2) is 24.1 Å². The average molecular weight is 191 g/mol. The summed E-state index contributed by atoms with van der Waals surface area (Å²) in [6.45, 7) is 3.14. The van der Waals surface area contributed by atoms with Gasteiger partial charge in [0.05, 0.1) is 5.69 Å². The molecular weight excluding hydrogens is 174 g/mol. The summed E-state index contributed by atoms with van der Waals surface area (Å²) in [6, 6.07) is 6.66. The van der Waals surface area contributed by atoms with Gasteiger partial charge < -0.3 is 10.6 Å². The Morgan fingerprint density at radius 3 is 3.21 bits per heavy atom. The molecule has 0 aromatic carbocycles. The maximum atomic E-state index is 4.28. The maximum absolute atomic E-state index is 4.28. The van der Waals surface area contributed by atoms with E-state index in [9.17, 15) is 0 Å². The summed E-state index contributed by atoms with van der Waals surface area (Å²) in [4.78, 5) is 4.28. The van der Waals surface area contributed by atoms with Crippen LogP contribution >= 0.6 is 0 Å². The molecule has 0 bridgehead atoms. The standard InChI is InChI=1S/C11H17N3/c1-2-7-13-11(4-1)9-14-10-5-3-6-12-8-10/h1-2,4,7,10,12,14H,3,5-6,8-9H2/t10-/m1/s1. The van der Waals surface area contributed by atoms with Gasteiger partial charge in [-0.2, -0.15) is 0 Å². The van der Waals surface area contributed by atoms with E-state index in [-0.39, 0.29) is 0 Å². The second-order valence-electron chi connectivity index (χ2n) is 3.75. The van der Waals surface area contributed by atoms with Crippen molar-refractivity contribution in [2.24, 2.45) is 0 Å². The van der Waals surface area contributed by atoms with Crippen molar-refractivity contribution in [3.8, 4) is 0 Å². The van der Waals surface area contributed by atoms with Gasteiger partial charge in [0.25, 0.3) is 0 Å². The minimum absolute atomic E-state index is 0.616. The average Bonchev–Trinajstić information content (AvgIpc) is 2.29. The van der Waals surface area contributed by atoms with Crippen LogP contribution in [0.4, 0.5) is 0 Å². The highest BCUT2D eigenvalue weighted by Gasteiger charge is 2.11. The number of aromatic nitrogens is 1. The normalized spacial score (nSPS) is 22.1. The molecule has 1 aliphatic heterocycles. The molecule has 1 atom stereocenters. The Labute approximate surface area is 84.9 Å². The highest BCUT2D eigenvalue weighted by Crippen LogP contribution is 2.02. The first-order valence-electron chi connectivity index (χ1n) is 5.29. The molecule has 3 nitrogen and oxygen atoms in total. The molecule has 0 aliphatic carbocycles. The molecule has 2 rings (SSSR count). The molecule has 1 saturated heterocycles. The van der Waals surface area contributed by atoms with E-state index in [0.717, 1.165) is 18.8 Å². The molecule has 1 aromatic heterocycles. The minimum Gasteiger partial charge on any atom is -0.315 e. The lowest BCUT2D eigenvalue weighted by molar-refractivity contribution is 0.387. The third-order valence-electron chi connectivity index (χ3n) is 2.59. The molecule has 14 heavy (non-hydrogen) atoms. The Kier molecular flexibility index (Phi) is 3.49. The van der Waals surface area contributed by atoms with Gasteiger partial charge in [0, 0.05) is 25.3 Å². The fourth-order valence-corrected chi connectivity index (χ4v) is 1.78. The highest BCUT2D eigenvalue weighted by molar-refractivity contribution is 5.03. The summed E-state index contributed by atoms with van der Waals surface area (Å²) in [6.07, 6.45) is 4.40. The zero-order valence-electron chi connectivity index (χ0n) is 8.37. The largest absolute Gasteiger partial charge is 0.315 e. The minimum atomic E-state index is 0.616. The molecule has 0 unspecified atom stereocenters. The topological polar surface area (TPSA) is 37.0 Å². The van der Waals surface area contributed by atoms with Gasteiger partial charge >= 0.3 is 0 Å². The van der Waals surface area contributed by atoms with Crippen molar-refractivity contribution in [3.05, 3.63) is 30.1 Å². The lowest BCUT2D eigenvalue weighted by Gasteiger charge is -2.23. The van der Waals surface area contributed by atoms with Gasteiger partial charge in [-0.25, -0.2) is 0 Å². The van der Waals surface area contributed by atoms with Crippen molar-refractivity contribution in [1.29, 1.82) is 0 Å². The summed E-state index contributed by atoms with van der Waals surface area (Å²) >= 11 is 0. The predicted octanol–water partition coefficient (Wildman–Crippen LogP) is 0.923. The number of rotatable bonds is 3. The Morgan fingerprint density at radius 1 is 1.50 bits per heavy atom. The van der Waals surface area contributed by atoms with E-state index in [2.05, 4.69) is 21.7 Å². The van der Waals surface area contributed by atoms with Crippen LogP contribution in [-0.2, 0) is 6.54 Å². The van der Waals surface area contributed by atoms with Crippen molar-refractivity contribution in [2.75, 3.05) is 13.1 Å². The molecule has 0 radical (unpaired) electrons. The van der Waals surface area contributed by atoms with Gasteiger partial charge in [0.15, 0.2) is 0 Å². The molecule has 76 valence electrons. The molecule has 1 aliphatic rings. The van der Waals surface area contributed by atoms with Crippen molar-refractivity contribution >= 4 is 0 Å². The zero-order valence-corrected chi connectivity index (χ0v) is 8.37. The SMILES string of the molecule is c1ccc(CN[C@@H]2CCCNC2)nc1. The lowest BCUT2D eigenvalue weighted by Crippen LogP contribution is -2.42. The first-order chi connectivity index (χ1) is 6.95. The maximum Gasteiger partial charge on any atom is 0.0541 e. The van der Waals surface area contributed by atoms with Crippen molar-refractivity contribution in [3.63, 3.8) is 0 Å². The molecule has 0 amide bonds. The number of hydrogen-bond donors (Lipinski definition) is 2. The van der Waals surface area contributed by atoms with E-state index >= 15 is 0 Å². The van der Waals surface area contributed by atoms with E-state index in [1.54, 1.807) is 0 Å². The second-order valence-corrected chi connectivity index (χ2v) is 3.75. The highest BCUT2D eigenvalue weighted by atomic mass is 15.0. The van der Waals surface area contributed by atoms with E-state index < -0.39 is 0 Å². The van der Waals surface area contributed by atoms with Crippen LogP contribution < -0.4 is 10.6 Å². The van der Waals surface area contributed by atoms with Crippen molar-refractivity contribution in [1.82, 2.24) is 15.6 Å². The Hall–Kier alpha value is -0.930. The second kappa shape index (κ2) is 5.08. The van der Waals surface area contributed by atoms with Crippen LogP contribution in [0.5, 0.6) is 0 Å². The number of hydrogen-bond acceptors (Lipinski definition) is 3. The molecule has 1 fully saturated rings. The smallest absolute Gasteiger partial charge is 0.0541 e. The summed E-state index contributed by atoms with van der Waals surface area (Å²) in [5.41, 5.74) is 1.12. The number of nitrogens with zero attached hydrogens (tertiary/aromatic N) is 1. The molecule has 1 aromatic rings. The molecule has 2 N–H and O–H groups in total. The van der Waals surface area contributed by atoms with Gasteiger partial charge in [0.2, 0.25) is 0 Å². The molecule has 0 spiro atoms. The van der Waals surface area contributed by atoms with E-state index in [1.807, 2.05) is 18.3 Å². The molecule has 0 saturated carbocycles. The van der Waals surface area contributed by atoms with Crippen LogP contribution in [0.25, 0.3) is 0 Å².